The molecule has 1 amide bonds. The van der Waals surface area contributed by atoms with Crippen LogP contribution in [-0.2, 0) is 9.47 Å². The lowest BCUT2D eigenvalue weighted by molar-refractivity contribution is -0.169. The molecule has 2 aromatic rings. The molecule has 2 saturated heterocycles. The fourth-order valence-electron chi connectivity index (χ4n) is 3.33. The summed E-state index contributed by atoms with van der Waals surface area (Å²) in [5.74, 6) is -0.633. The van der Waals surface area contributed by atoms with Gasteiger partial charge in [-0.3, -0.25) is 4.79 Å². The SMILES string of the molecule is O=C(Nc1ccc(Cl)cc1)c1ccc(N2CCC3(CC2)OCCO3)cn1. The zero-order valence-electron chi connectivity index (χ0n) is 14.3. The fraction of sp³-hybridized carbons (Fsp3) is 0.368. The molecule has 1 spiro atoms. The van der Waals surface area contributed by atoms with Gasteiger partial charge in [0.05, 0.1) is 25.1 Å². The van der Waals surface area contributed by atoms with Gasteiger partial charge in [-0.05, 0) is 36.4 Å². The monoisotopic (exact) mass is 373 g/mol. The standard InChI is InChI=1S/C19H20ClN3O3/c20-14-1-3-15(4-2-14)22-18(24)17-6-5-16(13-21-17)23-9-7-19(8-10-23)25-11-12-26-19/h1-6,13H,7-12H2,(H,22,24). The van der Waals surface area contributed by atoms with Crippen LogP contribution in [0.15, 0.2) is 42.6 Å². The molecule has 26 heavy (non-hydrogen) atoms. The first-order valence-electron chi connectivity index (χ1n) is 8.69. The van der Waals surface area contributed by atoms with Crippen molar-refractivity contribution < 1.29 is 14.3 Å². The third-order valence-electron chi connectivity index (χ3n) is 4.79. The van der Waals surface area contributed by atoms with E-state index >= 15 is 0 Å². The molecule has 7 heteroatoms. The Labute approximate surface area is 157 Å². The highest BCUT2D eigenvalue weighted by Crippen LogP contribution is 2.33. The largest absolute Gasteiger partial charge is 0.370 e. The first-order chi connectivity index (χ1) is 12.6. The summed E-state index contributed by atoms with van der Waals surface area (Å²) in [4.78, 5) is 18.9. The summed E-state index contributed by atoms with van der Waals surface area (Å²) in [6.07, 6.45) is 3.42. The summed E-state index contributed by atoms with van der Waals surface area (Å²) in [5, 5.41) is 3.44. The number of pyridine rings is 1. The minimum absolute atomic E-state index is 0.246. The third-order valence-corrected chi connectivity index (χ3v) is 5.04. The van der Waals surface area contributed by atoms with Gasteiger partial charge < -0.3 is 19.7 Å². The predicted molar refractivity (Wildman–Crippen MR) is 99.7 cm³/mol. The van der Waals surface area contributed by atoms with Crippen molar-refractivity contribution in [2.45, 2.75) is 18.6 Å². The Morgan fingerprint density at radius 3 is 2.38 bits per heavy atom. The van der Waals surface area contributed by atoms with Crippen LogP contribution in [0.2, 0.25) is 5.02 Å². The highest BCUT2D eigenvalue weighted by atomic mass is 35.5. The van der Waals surface area contributed by atoms with E-state index < -0.39 is 0 Å². The number of halogens is 1. The van der Waals surface area contributed by atoms with E-state index in [2.05, 4.69) is 15.2 Å². The summed E-state index contributed by atoms with van der Waals surface area (Å²) in [6.45, 7) is 3.05. The van der Waals surface area contributed by atoms with Gasteiger partial charge in [0.25, 0.3) is 5.91 Å². The number of aromatic nitrogens is 1. The molecule has 2 aliphatic heterocycles. The number of piperidine rings is 1. The molecular formula is C19H20ClN3O3. The van der Waals surface area contributed by atoms with Gasteiger partial charge in [0.15, 0.2) is 5.79 Å². The lowest BCUT2D eigenvalue weighted by atomic mass is 10.0. The molecule has 3 heterocycles. The maximum Gasteiger partial charge on any atom is 0.274 e. The smallest absolute Gasteiger partial charge is 0.274 e. The minimum atomic E-state index is -0.387. The van der Waals surface area contributed by atoms with Crippen LogP contribution in [-0.4, -0.2) is 43.0 Å². The number of nitrogens with zero attached hydrogens (tertiary/aromatic N) is 2. The van der Waals surface area contributed by atoms with E-state index in [-0.39, 0.29) is 11.7 Å². The van der Waals surface area contributed by atoms with Crippen LogP contribution in [0.1, 0.15) is 23.3 Å². The highest BCUT2D eigenvalue weighted by Gasteiger charge is 2.39. The van der Waals surface area contributed by atoms with Crippen molar-refractivity contribution in [1.82, 2.24) is 4.98 Å². The number of nitrogens with one attached hydrogen (secondary N) is 1. The molecule has 0 aliphatic carbocycles. The molecule has 0 unspecified atom stereocenters. The molecule has 0 atom stereocenters. The second-order valence-electron chi connectivity index (χ2n) is 6.46. The van der Waals surface area contributed by atoms with Crippen molar-refractivity contribution in [2.75, 3.05) is 36.5 Å². The zero-order chi connectivity index (χ0) is 18.0. The molecule has 0 bridgehead atoms. The highest BCUT2D eigenvalue weighted by molar-refractivity contribution is 6.30. The Kier molecular flexibility index (Phi) is 4.80. The van der Waals surface area contributed by atoms with Gasteiger partial charge in [0.1, 0.15) is 5.69 Å². The second kappa shape index (κ2) is 7.23. The topological polar surface area (TPSA) is 63.7 Å². The first kappa shape index (κ1) is 17.3. The number of hydrogen-bond donors (Lipinski definition) is 1. The number of carbonyl (C=O) groups excluding carboxylic acids is 1. The van der Waals surface area contributed by atoms with E-state index in [0.29, 0.717) is 29.6 Å². The molecule has 1 N–H and O–H groups in total. The summed E-state index contributed by atoms with van der Waals surface area (Å²) in [6, 6.07) is 10.6. The van der Waals surface area contributed by atoms with Crippen LogP contribution in [0, 0.1) is 0 Å². The van der Waals surface area contributed by atoms with E-state index in [9.17, 15) is 4.79 Å². The summed E-state index contributed by atoms with van der Waals surface area (Å²) >= 11 is 5.85. The first-order valence-corrected chi connectivity index (χ1v) is 9.07. The van der Waals surface area contributed by atoms with Crippen molar-refractivity contribution in [3.8, 4) is 0 Å². The molecule has 4 rings (SSSR count). The maximum absolute atomic E-state index is 12.3. The van der Waals surface area contributed by atoms with Gasteiger partial charge in [-0.15, -0.1) is 0 Å². The summed E-state index contributed by atoms with van der Waals surface area (Å²) in [7, 11) is 0. The lowest BCUT2D eigenvalue weighted by Gasteiger charge is -2.38. The number of benzene rings is 1. The molecule has 1 aromatic carbocycles. The second-order valence-corrected chi connectivity index (χ2v) is 6.89. The van der Waals surface area contributed by atoms with Gasteiger partial charge in [0, 0.05) is 36.6 Å². The Hall–Kier alpha value is -2.15. The van der Waals surface area contributed by atoms with Crippen molar-refractivity contribution in [2.24, 2.45) is 0 Å². The molecule has 0 saturated carbocycles. The van der Waals surface area contributed by atoms with Crippen molar-refractivity contribution >= 4 is 28.9 Å². The van der Waals surface area contributed by atoms with Crippen LogP contribution in [0.25, 0.3) is 0 Å². The van der Waals surface area contributed by atoms with Crippen LogP contribution in [0.3, 0.4) is 0 Å². The Morgan fingerprint density at radius 1 is 1.08 bits per heavy atom. The van der Waals surface area contributed by atoms with Gasteiger partial charge >= 0.3 is 0 Å². The van der Waals surface area contributed by atoms with Crippen molar-refractivity contribution in [1.29, 1.82) is 0 Å². The predicted octanol–water partition coefficient (Wildman–Crippen LogP) is 3.33. The van der Waals surface area contributed by atoms with E-state index in [1.54, 1.807) is 36.5 Å². The number of amides is 1. The van der Waals surface area contributed by atoms with Gasteiger partial charge in [-0.1, -0.05) is 11.6 Å². The van der Waals surface area contributed by atoms with Gasteiger partial charge in [-0.2, -0.15) is 0 Å². The van der Waals surface area contributed by atoms with Crippen molar-refractivity contribution in [3.63, 3.8) is 0 Å². The summed E-state index contributed by atoms with van der Waals surface area (Å²) in [5.41, 5.74) is 2.06. The van der Waals surface area contributed by atoms with E-state index in [1.165, 1.54) is 0 Å². The van der Waals surface area contributed by atoms with Crippen LogP contribution in [0.5, 0.6) is 0 Å². The number of carbonyl (C=O) groups is 1. The molecule has 1 aromatic heterocycles. The Morgan fingerprint density at radius 2 is 1.77 bits per heavy atom. The molecule has 2 aliphatic rings. The van der Waals surface area contributed by atoms with Crippen LogP contribution in [0.4, 0.5) is 11.4 Å². The van der Waals surface area contributed by atoms with Gasteiger partial charge in [0.2, 0.25) is 0 Å². The van der Waals surface area contributed by atoms with Gasteiger partial charge in [-0.25, -0.2) is 4.98 Å². The molecule has 0 radical (unpaired) electrons. The molecule has 2 fully saturated rings. The molecule has 6 nitrogen and oxygen atoms in total. The number of anilines is 2. The van der Waals surface area contributed by atoms with E-state index in [4.69, 9.17) is 21.1 Å². The maximum atomic E-state index is 12.3. The number of rotatable bonds is 3. The third kappa shape index (κ3) is 3.67. The fourth-order valence-corrected chi connectivity index (χ4v) is 3.45. The van der Waals surface area contributed by atoms with E-state index in [1.807, 2.05) is 6.07 Å². The quantitative estimate of drug-likeness (QED) is 0.894. The normalized spacial score (nSPS) is 18.9. The van der Waals surface area contributed by atoms with Crippen LogP contribution < -0.4 is 10.2 Å². The van der Waals surface area contributed by atoms with Crippen molar-refractivity contribution in [3.05, 3.63) is 53.3 Å². The number of hydrogen-bond acceptors (Lipinski definition) is 5. The minimum Gasteiger partial charge on any atom is -0.370 e. The zero-order valence-corrected chi connectivity index (χ0v) is 15.0. The Balaban J connectivity index is 1.37. The average Bonchev–Trinajstić information content (AvgIpc) is 3.12. The number of ether oxygens (including phenoxy) is 2. The lowest BCUT2D eigenvalue weighted by Crippen LogP contribution is -2.45. The average molecular weight is 374 g/mol. The van der Waals surface area contributed by atoms with E-state index in [0.717, 1.165) is 31.6 Å². The van der Waals surface area contributed by atoms with Crippen LogP contribution >= 0.6 is 11.6 Å². The molecule has 136 valence electrons. The Bertz CT molecular complexity index is 764. The summed E-state index contributed by atoms with van der Waals surface area (Å²) < 4.78 is 11.5. The molecular weight excluding hydrogens is 354 g/mol.